The standard InChI is InChI=1S/C32H44F2N4O/c1-11-26-16-29(39-10)31(34)32(30(26)33)38(19-23(6)13-12-21(2)3)25(8)14-15-28(22(4)5)35-17-24(7)27-18-36-37(9)20-27/h14-18,20-21,23H,7-8,11-13,19H2,1-6,9-10H3/b15-14-,35-17-. The summed E-state index contributed by atoms with van der Waals surface area (Å²) in [6.45, 7) is 20.9. The monoisotopic (exact) mass is 538 g/mol. The first-order chi connectivity index (χ1) is 18.4. The van der Waals surface area contributed by atoms with Gasteiger partial charge in [0.2, 0.25) is 0 Å². The third kappa shape index (κ3) is 8.77. The Morgan fingerprint density at radius 3 is 2.38 bits per heavy atom. The van der Waals surface area contributed by atoms with Crippen LogP contribution in [0.5, 0.6) is 5.75 Å². The maximum absolute atomic E-state index is 15.7. The van der Waals surface area contributed by atoms with Gasteiger partial charge in [-0.2, -0.15) is 5.10 Å². The van der Waals surface area contributed by atoms with Crippen LogP contribution in [0.15, 0.2) is 65.7 Å². The van der Waals surface area contributed by atoms with Crippen LogP contribution in [-0.2, 0) is 13.5 Å². The molecule has 1 heterocycles. The van der Waals surface area contributed by atoms with Crippen LogP contribution in [0.1, 0.15) is 65.5 Å². The number of ether oxygens (including phenoxy) is 1. The van der Waals surface area contributed by atoms with Gasteiger partial charge in [0, 0.05) is 37.3 Å². The molecule has 0 N–H and O–H groups in total. The fraction of sp³-hybridized carbons (Fsp3) is 0.438. The number of aromatic nitrogens is 2. The topological polar surface area (TPSA) is 42.6 Å². The first-order valence-corrected chi connectivity index (χ1v) is 13.5. The van der Waals surface area contributed by atoms with Crippen molar-refractivity contribution >= 4 is 17.5 Å². The number of hydrogen-bond donors (Lipinski definition) is 0. The largest absolute Gasteiger partial charge is 0.494 e. The quantitative estimate of drug-likeness (QED) is 0.179. The molecule has 0 saturated heterocycles. The van der Waals surface area contributed by atoms with Crippen LogP contribution in [0, 0.1) is 23.5 Å². The summed E-state index contributed by atoms with van der Waals surface area (Å²) in [7, 11) is 3.24. The van der Waals surface area contributed by atoms with E-state index >= 15 is 8.78 Å². The average Bonchev–Trinajstić information content (AvgIpc) is 3.32. The van der Waals surface area contributed by atoms with E-state index in [0.29, 0.717) is 35.8 Å². The summed E-state index contributed by atoms with van der Waals surface area (Å²) >= 11 is 0. The Bertz CT molecular complexity index is 1220. The number of nitrogens with zero attached hydrogens (tertiary/aromatic N) is 4. The second kappa shape index (κ2) is 14.6. The Morgan fingerprint density at radius 2 is 1.85 bits per heavy atom. The zero-order valence-corrected chi connectivity index (χ0v) is 24.8. The molecular weight excluding hydrogens is 494 g/mol. The Labute approximate surface area is 233 Å². The predicted octanol–water partition coefficient (Wildman–Crippen LogP) is 8.30. The molecule has 0 aliphatic carbocycles. The molecule has 1 atom stereocenters. The average molecular weight is 539 g/mol. The molecule has 2 aromatic rings. The lowest BCUT2D eigenvalue weighted by molar-refractivity contribution is 0.382. The van der Waals surface area contributed by atoms with Gasteiger partial charge in [-0.25, -0.2) is 8.78 Å². The Balaban J connectivity index is 2.45. The lowest BCUT2D eigenvalue weighted by Crippen LogP contribution is -2.29. The molecular formula is C32H44F2N4O. The van der Waals surface area contributed by atoms with Gasteiger partial charge in [-0.15, -0.1) is 0 Å². The van der Waals surface area contributed by atoms with E-state index in [2.05, 4.69) is 44.0 Å². The first kappa shape index (κ1) is 31.7. The summed E-state index contributed by atoms with van der Waals surface area (Å²) in [6, 6.07) is 1.43. The Morgan fingerprint density at radius 1 is 1.15 bits per heavy atom. The number of rotatable bonds is 14. The molecule has 39 heavy (non-hydrogen) atoms. The van der Waals surface area contributed by atoms with E-state index in [1.807, 2.05) is 40.1 Å². The van der Waals surface area contributed by atoms with Crippen LogP contribution in [0.4, 0.5) is 14.5 Å². The van der Waals surface area contributed by atoms with Crippen molar-refractivity contribution in [3.8, 4) is 5.75 Å². The predicted molar refractivity (Wildman–Crippen MR) is 160 cm³/mol. The van der Waals surface area contributed by atoms with Gasteiger partial charge in [-0.1, -0.05) is 52.8 Å². The van der Waals surface area contributed by atoms with Crippen LogP contribution in [0.3, 0.4) is 0 Å². The molecule has 0 aliphatic heterocycles. The van der Waals surface area contributed by atoms with Crippen molar-refractivity contribution in [2.45, 2.75) is 60.8 Å². The number of aryl methyl sites for hydroxylation is 2. The number of allylic oxidation sites excluding steroid dienone is 4. The van der Waals surface area contributed by atoms with Crippen molar-refractivity contribution < 1.29 is 13.5 Å². The van der Waals surface area contributed by atoms with Crippen LogP contribution in [-0.4, -0.2) is 29.6 Å². The van der Waals surface area contributed by atoms with E-state index in [1.54, 1.807) is 28.1 Å². The van der Waals surface area contributed by atoms with E-state index in [4.69, 9.17) is 4.74 Å². The SMILES string of the molecule is C=C(/C=N\C(/C=C\C(=C)N(CC(C)CCC(C)C)c1c(F)c(CC)cc(OC)c1F)=C(C)C)c1cnn(C)c1. The van der Waals surface area contributed by atoms with Crippen LogP contribution in [0.2, 0.25) is 0 Å². The molecule has 0 aliphatic rings. The van der Waals surface area contributed by atoms with E-state index in [9.17, 15) is 0 Å². The summed E-state index contributed by atoms with van der Waals surface area (Å²) in [6.07, 6.45) is 11.2. The highest BCUT2D eigenvalue weighted by Gasteiger charge is 2.26. The van der Waals surface area contributed by atoms with Crippen LogP contribution < -0.4 is 9.64 Å². The number of benzene rings is 1. The van der Waals surface area contributed by atoms with Crippen LogP contribution >= 0.6 is 0 Å². The van der Waals surface area contributed by atoms with Gasteiger partial charge in [0.25, 0.3) is 0 Å². The van der Waals surface area contributed by atoms with E-state index < -0.39 is 11.6 Å². The highest BCUT2D eigenvalue weighted by atomic mass is 19.1. The van der Waals surface area contributed by atoms with Crippen molar-refractivity contribution in [1.29, 1.82) is 0 Å². The third-order valence-corrected chi connectivity index (χ3v) is 6.55. The van der Waals surface area contributed by atoms with Gasteiger partial charge in [-0.05, 0) is 67.9 Å². The summed E-state index contributed by atoms with van der Waals surface area (Å²) in [4.78, 5) is 6.25. The second-order valence-corrected chi connectivity index (χ2v) is 10.7. The highest BCUT2D eigenvalue weighted by Crippen LogP contribution is 2.36. The lowest BCUT2D eigenvalue weighted by atomic mass is 9.98. The van der Waals surface area contributed by atoms with Gasteiger partial charge in [0.15, 0.2) is 17.4 Å². The molecule has 5 nitrogen and oxygen atoms in total. The van der Waals surface area contributed by atoms with Gasteiger partial charge in [0.1, 0.15) is 5.69 Å². The molecule has 7 heteroatoms. The fourth-order valence-electron chi connectivity index (χ4n) is 4.08. The lowest BCUT2D eigenvalue weighted by Gasteiger charge is -2.30. The van der Waals surface area contributed by atoms with Gasteiger partial charge in [-0.3, -0.25) is 9.67 Å². The molecule has 0 amide bonds. The highest BCUT2D eigenvalue weighted by molar-refractivity contribution is 6.09. The minimum Gasteiger partial charge on any atom is -0.494 e. The molecule has 0 radical (unpaired) electrons. The molecule has 1 unspecified atom stereocenters. The summed E-state index contributed by atoms with van der Waals surface area (Å²) in [5.41, 5.74) is 3.99. The zero-order valence-electron chi connectivity index (χ0n) is 24.8. The summed E-state index contributed by atoms with van der Waals surface area (Å²) in [5, 5.41) is 4.17. The molecule has 0 bridgehead atoms. The summed E-state index contributed by atoms with van der Waals surface area (Å²) in [5.74, 6) is -0.582. The van der Waals surface area contributed by atoms with Crippen molar-refractivity contribution in [3.05, 3.63) is 83.5 Å². The minimum atomic E-state index is -0.731. The first-order valence-electron chi connectivity index (χ1n) is 13.5. The third-order valence-electron chi connectivity index (χ3n) is 6.55. The molecule has 1 aromatic carbocycles. The van der Waals surface area contributed by atoms with Gasteiger partial charge < -0.3 is 9.64 Å². The number of halogens is 2. The number of anilines is 1. The second-order valence-electron chi connectivity index (χ2n) is 10.7. The van der Waals surface area contributed by atoms with Crippen LogP contribution in [0.25, 0.3) is 5.57 Å². The molecule has 212 valence electrons. The fourth-order valence-corrected chi connectivity index (χ4v) is 4.08. The smallest absolute Gasteiger partial charge is 0.191 e. The van der Waals surface area contributed by atoms with Crippen molar-refractivity contribution in [1.82, 2.24) is 9.78 Å². The number of aliphatic imine (C=N–C) groups is 1. The van der Waals surface area contributed by atoms with Gasteiger partial charge in [0.05, 0.1) is 19.0 Å². The number of methoxy groups -OCH3 is 1. The Hall–Kier alpha value is -3.48. The molecule has 0 fully saturated rings. The normalized spacial score (nSPS) is 12.4. The zero-order chi connectivity index (χ0) is 29.3. The molecule has 0 saturated carbocycles. The number of hydrogen-bond acceptors (Lipinski definition) is 4. The summed E-state index contributed by atoms with van der Waals surface area (Å²) < 4.78 is 38.2. The van der Waals surface area contributed by atoms with Crippen molar-refractivity contribution in [3.63, 3.8) is 0 Å². The van der Waals surface area contributed by atoms with E-state index in [-0.39, 0.29) is 17.4 Å². The van der Waals surface area contributed by atoms with Crippen molar-refractivity contribution in [2.24, 2.45) is 23.9 Å². The van der Waals surface area contributed by atoms with E-state index in [0.717, 1.165) is 29.6 Å². The molecule has 2 rings (SSSR count). The maximum Gasteiger partial charge on any atom is 0.191 e. The van der Waals surface area contributed by atoms with E-state index in [1.165, 1.54) is 13.2 Å². The minimum absolute atomic E-state index is 0.0170. The Kier molecular flexibility index (Phi) is 11.9. The van der Waals surface area contributed by atoms with Crippen molar-refractivity contribution in [2.75, 3.05) is 18.6 Å². The maximum atomic E-state index is 15.7. The van der Waals surface area contributed by atoms with Gasteiger partial charge >= 0.3 is 0 Å². The molecule has 0 spiro atoms. The molecule has 1 aromatic heterocycles.